The van der Waals surface area contributed by atoms with E-state index >= 15 is 0 Å². The molecule has 66 heavy (non-hydrogen) atoms. The lowest BCUT2D eigenvalue weighted by molar-refractivity contribution is 1.01. The minimum absolute atomic E-state index is 0.963. The van der Waals surface area contributed by atoms with Gasteiger partial charge in [-0.05, 0) is 92.7 Å². The fourth-order valence-electron chi connectivity index (χ4n) is 10.6. The Hall–Kier alpha value is -8.09. The molecular weight excluding hydrogens is 839 g/mol. The van der Waals surface area contributed by atoms with Crippen molar-refractivity contribution in [3.8, 4) is 33.6 Å². The SMILES string of the molecule is c1ccc(-n2ccn(-c3ccccc3)c3cc4c(cc32)c2cccc(-c3cccc5c3sc3ccccc35)c2c2c(-c3cccc5c3sc3ccccc35)cccc2c2cccnc42)cc1. The van der Waals surface area contributed by atoms with Crippen molar-refractivity contribution in [1.82, 2.24) is 14.1 Å². The number of thiophene rings is 2. The molecule has 0 aliphatic rings. The first-order valence-electron chi connectivity index (χ1n) is 22.4. The van der Waals surface area contributed by atoms with E-state index in [1.54, 1.807) is 0 Å². The van der Waals surface area contributed by atoms with E-state index in [0.717, 1.165) is 44.1 Å². The van der Waals surface area contributed by atoms with Crippen LogP contribution in [0, 0.1) is 0 Å². The van der Waals surface area contributed by atoms with Gasteiger partial charge in [-0.15, -0.1) is 22.7 Å². The summed E-state index contributed by atoms with van der Waals surface area (Å²) in [6, 6.07) is 75.9. The quantitative estimate of drug-likeness (QED) is 0.173. The molecule has 0 fully saturated rings. The molecule has 308 valence electrons. The molecule has 0 aliphatic heterocycles. The predicted octanol–water partition coefficient (Wildman–Crippen LogP) is 17.6. The van der Waals surface area contributed by atoms with Gasteiger partial charge in [0.15, 0.2) is 0 Å². The van der Waals surface area contributed by atoms with Gasteiger partial charge < -0.3 is 9.13 Å². The van der Waals surface area contributed by atoms with E-state index in [0.29, 0.717) is 0 Å². The number of para-hydroxylation sites is 2. The Labute approximate surface area is 387 Å². The molecule has 10 aromatic carbocycles. The molecule has 4 heterocycles. The van der Waals surface area contributed by atoms with E-state index in [2.05, 4.69) is 228 Å². The van der Waals surface area contributed by atoms with Crippen LogP contribution in [0.1, 0.15) is 0 Å². The van der Waals surface area contributed by atoms with Gasteiger partial charge in [-0.1, -0.05) is 152 Å². The first-order chi connectivity index (χ1) is 32.8. The van der Waals surface area contributed by atoms with Gasteiger partial charge in [0.2, 0.25) is 0 Å². The molecule has 0 amide bonds. The fourth-order valence-corrected chi connectivity index (χ4v) is 13.1. The first-order valence-corrected chi connectivity index (χ1v) is 24.0. The summed E-state index contributed by atoms with van der Waals surface area (Å²) >= 11 is 3.78. The first kappa shape index (κ1) is 37.3. The summed E-state index contributed by atoms with van der Waals surface area (Å²) in [5, 5.41) is 13.3. The van der Waals surface area contributed by atoms with E-state index in [1.807, 2.05) is 28.9 Å². The second kappa shape index (κ2) is 14.7. The van der Waals surface area contributed by atoms with Gasteiger partial charge in [-0.3, -0.25) is 4.98 Å². The minimum Gasteiger partial charge on any atom is -0.314 e. The molecule has 3 nitrogen and oxygen atoms in total. The van der Waals surface area contributed by atoms with Crippen LogP contribution in [0.15, 0.2) is 225 Å². The van der Waals surface area contributed by atoms with Crippen LogP contribution in [0.5, 0.6) is 0 Å². The summed E-state index contributed by atoms with van der Waals surface area (Å²) < 4.78 is 9.83. The highest BCUT2D eigenvalue weighted by atomic mass is 32.1. The van der Waals surface area contributed by atoms with Gasteiger partial charge in [0.1, 0.15) is 0 Å². The maximum Gasteiger partial charge on any atom is 0.0787 e. The van der Waals surface area contributed by atoms with Gasteiger partial charge in [0, 0.05) is 92.2 Å². The number of pyridine rings is 1. The molecular formula is C61H37N3S2. The van der Waals surface area contributed by atoms with E-state index in [1.165, 1.54) is 84.1 Å². The zero-order valence-corrected chi connectivity index (χ0v) is 37.2. The molecule has 5 heteroatoms. The zero-order valence-electron chi connectivity index (χ0n) is 35.5. The van der Waals surface area contributed by atoms with E-state index in [-0.39, 0.29) is 0 Å². The molecule has 0 bridgehead atoms. The van der Waals surface area contributed by atoms with Gasteiger partial charge in [-0.2, -0.15) is 0 Å². The van der Waals surface area contributed by atoms with Crippen molar-refractivity contribution in [2.75, 3.05) is 0 Å². The Kier molecular flexibility index (Phi) is 8.32. The Bertz CT molecular complexity index is 4340. The minimum atomic E-state index is 0.963. The summed E-state index contributed by atoms with van der Waals surface area (Å²) in [5.74, 6) is 0. The number of nitrogens with zero attached hydrogens (tertiary/aromatic N) is 3. The summed E-state index contributed by atoms with van der Waals surface area (Å²) in [4.78, 5) is 5.34. The third kappa shape index (κ3) is 5.57. The molecule has 4 aromatic heterocycles. The number of fused-ring (bicyclic) bond motifs is 15. The van der Waals surface area contributed by atoms with E-state index in [9.17, 15) is 0 Å². The fraction of sp³-hybridized carbons (Fsp3) is 0. The van der Waals surface area contributed by atoms with Crippen LogP contribution < -0.4 is 0 Å². The number of aromatic nitrogens is 3. The highest BCUT2D eigenvalue weighted by molar-refractivity contribution is 7.26. The second-order valence-corrected chi connectivity index (χ2v) is 19.1. The number of benzene rings is 9. The van der Waals surface area contributed by atoms with Crippen LogP contribution in [0.3, 0.4) is 0 Å². The van der Waals surface area contributed by atoms with Gasteiger partial charge in [0.25, 0.3) is 0 Å². The lowest BCUT2D eigenvalue weighted by atomic mass is 9.87. The van der Waals surface area contributed by atoms with Crippen molar-refractivity contribution < 1.29 is 0 Å². The van der Waals surface area contributed by atoms with Crippen molar-refractivity contribution in [2.45, 2.75) is 0 Å². The maximum atomic E-state index is 5.34. The Morgan fingerprint density at radius 2 is 0.742 bits per heavy atom. The third-order valence-corrected chi connectivity index (χ3v) is 15.9. The Morgan fingerprint density at radius 1 is 0.318 bits per heavy atom. The molecule has 0 N–H and O–H groups in total. The highest BCUT2D eigenvalue weighted by Crippen LogP contribution is 2.49. The van der Waals surface area contributed by atoms with Crippen molar-refractivity contribution in [3.63, 3.8) is 0 Å². The van der Waals surface area contributed by atoms with Crippen molar-refractivity contribution in [2.24, 2.45) is 0 Å². The van der Waals surface area contributed by atoms with Crippen LogP contribution >= 0.6 is 22.7 Å². The van der Waals surface area contributed by atoms with Crippen LogP contribution in [-0.4, -0.2) is 14.1 Å². The number of hydrogen-bond acceptors (Lipinski definition) is 3. The van der Waals surface area contributed by atoms with E-state index in [4.69, 9.17) is 4.98 Å². The summed E-state index contributed by atoms with van der Waals surface area (Å²) in [5.41, 5.74) is 10.2. The largest absolute Gasteiger partial charge is 0.314 e. The van der Waals surface area contributed by atoms with Gasteiger partial charge in [0.05, 0.1) is 16.6 Å². The summed E-state index contributed by atoms with van der Waals surface area (Å²) in [6.45, 7) is 0. The van der Waals surface area contributed by atoms with Crippen molar-refractivity contribution in [1.29, 1.82) is 0 Å². The molecule has 0 radical (unpaired) electrons. The molecule has 14 aromatic rings. The second-order valence-electron chi connectivity index (χ2n) is 17.0. The standard InChI is InChI=1S/C61H37N3S2/c1-3-16-38(17-4-1)63-34-35-64(39-18-5-2-6-19-39)54-37-52-51(36-53(54)63)45-25-12-24-44(50-29-14-27-48-41-21-8-10-32-56(41)66-61(48)50)58(45)57-42(46-30-15-33-62-59(46)52)22-11-23-43(57)49-28-13-26-47-40-20-7-9-31-55(40)65-60(47)49/h1-37H. The molecule has 0 aliphatic carbocycles. The highest BCUT2D eigenvalue weighted by Gasteiger charge is 2.21. The molecule has 0 atom stereocenters. The van der Waals surface area contributed by atoms with Gasteiger partial charge >= 0.3 is 0 Å². The van der Waals surface area contributed by atoms with Crippen LogP contribution in [-0.2, 0) is 0 Å². The Balaban J connectivity index is 1.24. The average Bonchev–Trinajstić information content (AvgIpc) is 3.97. The van der Waals surface area contributed by atoms with Crippen LogP contribution in [0.25, 0.3) is 128 Å². The predicted molar refractivity (Wildman–Crippen MR) is 285 cm³/mol. The number of hydrogen-bond donors (Lipinski definition) is 0. The third-order valence-electron chi connectivity index (χ3n) is 13.5. The smallest absolute Gasteiger partial charge is 0.0787 e. The molecule has 0 unspecified atom stereocenters. The van der Waals surface area contributed by atoms with Crippen LogP contribution in [0.2, 0.25) is 0 Å². The zero-order chi connectivity index (χ0) is 43.3. The number of rotatable bonds is 4. The molecule has 14 rings (SSSR count). The molecule has 0 spiro atoms. The molecule has 0 saturated carbocycles. The van der Waals surface area contributed by atoms with Crippen molar-refractivity contribution >= 4 is 117 Å². The summed E-state index contributed by atoms with van der Waals surface area (Å²) in [7, 11) is 0. The lowest BCUT2D eigenvalue weighted by Crippen LogP contribution is -2.05. The average molecular weight is 876 g/mol. The van der Waals surface area contributed by atoms with Gasteiger partial charge in [-0.25, -0.2) is 0 Å². The molecule has 0 saturated heterocycles. The lowest BCUT2D eigenvalue weighted by Gasteiger charge is -2.20. The van der Waals surface area contributed by atoms with E-state index < -0.39 is 0 Å². The Morgan fingerprint density at radius 3 is 1.29 bits per heavy atom. The summed E-state index contributed by atoms with van der Waals surface area (Å²) in [6.07, 6.45) is 6.34. The topological polar surface area (TPSA) is 22.8 Å². The maximum absolute atomic E-state index is 5.34. The van der Waals surface area contributed by atoms with Crippen molar-refractivity contribution in [3.05, 3.63) is 225 Å². The van der Waals surface area contributed by atoms with Crippen LogP contribution in [0.4, 0.5) is 0 Å². The normalized spacial score (nSPS) is 11.9. The monoisotopic (exact) mass is 875 g/mol.